The van der Waals surface area contributed by atoms with Crippen LogP contribution in [0.1, 0.15) is 77.6 Å². The van der Waals surface area contributed by atoms with Gasteiger partial charge in [-0.15, -0.1) is 0 Å². The Morgan fingerprint density at radius 3 is 2.48 bits per heavy atom. The lowest BCUT2D eigenvalue weighted by atomic mass is 9.88. The highest BCUT2D eigenvalue weighted by Crippen LogP contribution is 2.37. The summed E-state index contributed by atoms with van der Waals surface area (Å²) in [6.45, 7) is 2.13. The van der Waals surface area contributed by atoms with Gasteiger partial charge in [0.2, 0.25) is 0 Å². The summed E-state index contributed by atoms with van der Waals surface area (Å²) < 4.78 is 0. The van der Waals surface area contributed by atoms with Crippen LogP contribution in [-0.2, 0) is 4.79 Å². The van der Waals surface area contributed by atoms with E-state index >= 15 is 0 Å². The summed E-state index contributed by atoms with van der Waals surface area (Å²) in [7, 11) is 0. The molecule has 1 fully saturated rings. The van der Waals surface area contributed by atoms with Crippen molar-refractivity contribution >= 4 is 5.97 Å². The summed E-state index contributed by atoms with van der Waals surface area (Å²) >= 11 is 0. The van der Waals surface area contributed by atoms with Crippen molar-refractivity contribution in [3.05, 3.63) is 12.2 Å². The van der Waals surface area contributed by atoms with E-state index in [4.69, 9.17) is 5.11 Å². The van der Waals surface area contributed by atoms with E-state index in [0.29, 0.717) is 12.8 Å². The lowest BCUT2D eigenvalue weighted by Gasteiger charge is -2.21. The summed E-state index contributed by atoms with van der Waals surface area (Å²) in [5.41, 5.74) is 0. The second-order valence-electron chi connectivity index (χ2n) is 7.41. The van der Waals surface area contributed by atoms with Crippen LogP contribution in [-0.4, -0.2) is 44.7 Å². The van der Waals surface area contributed by atoms with E-state index in [1.54, 1.807) is 6.08 Å². The molecule has 0 amide bonds. The molecule has 5 nitrogen and oxygen atoms in total. The maximum absolute atomic E-state index is 10.5. The van der Waals surface area contributed by atoms with Gasteiger partial charge in [0.15, 0.2) is 0 Å². The molecule has 4 N–H and O–H groups in total. The molecule has 0 aromatic heterocycles. The molecular weight excluding hydrogens is 320 g/mol. The Labute approximate surface area is 151 Å². The second kappa shape index (κ2) is 12.4. The zero-order valence-corrected chi connectivity index (χ0v) is 15.5. The lowest BCUT2D eigenvalue weighted by molar-refractivity contribution is -0.137. The molecule has 1 aliphatic rings. The quantitative estimate of drug-likeness (QED) is 0.300. The molecule has 0 spiro atoms. The van der Waals surface area contributed by atoms with E-state index in [0.717, 1.165) is 51.4 Å². The van der Waals surface area contributed by atoms with Gasteiger partial charge in [0, 0.05) is 18.8 Å². The van der Waals surface area contributed by atoms with Gasteiger partial charge < -0.3 is 20.4 Å². The Hall–Kier alpha value is -0.910. The molecular formula is C20H36O5. The standard InChI is InChI=1S/C20H36O5/c1-2-3-6-9-15(21)12-13-17-16(18(22)14-19(17)23)10-7-4-5-8-11-20(24)25/h12-13,15-19,21-23H,2-11,14H2,1H3,(H,24,25)/b13-12+/t15-,16-,17+,18+,19-/m1/s1. The Morgan fingerprint density at radius 1 is 1.08 bits per heavy atom. The third kappa shape index (κ3) is 8.84. The van der Waals surface area contributed by atoms with Crippen molar-refractivity contribution in [1.29, 1.82) is 0 Å². The van der Waals surface area contributed by atoms with Gasteiger partial charge in [0.05, 0.1) is 18.3 Å². The van der Waals surface area contributed by atoms with Crippen molar-refractivity contribution in [3.63, 3.8) is 0 Å². The predicted molar refractivity (Wildman–Crippen MR) is 98.2 cm³/mol. The molecule has 0 radical (unpaired) electrons. The highest BCUT2D eigenvalue weighted by Gasteiger charge is 2.39. The van der Waals surface area contributed by atoms with Gasteiger partial charge in [-0.05, 0) is 25.2 Å². The first-order valence-electron chi connectivity index (χ1n) is 9.90. The van der Waals surface area contributed by atoms with Crippen molar-refractivity contribution in [2.24, 2.45) is 11.8 Å². The number of carboxylic acid groups (broad SMARTS) is 1. The Balaban J connectivity index is 2.38. The van der Waals surface area contributed by atoms with Gasteiger partial charge in [-0.3, -0.25) is 4.79 Å². The van der Waals surface area contributed by atoms with Crippen LogP contribution in [0.2, 0.25) is 0 Å². The summed E-state index contributed by atoms with van der Waals surface area (Å²) in [4.78, 5) is 10.5. The van der Waals surface area contributed by atoms with Gasteiger partial charge in [0.25, 0.3) is 0 Å². The van der Waals surface area contributed by atoms with Crippen LogP contribution < -0.4 is 0 Å². The van der Waals surface area contributed by atoms with Crippen LogP contribution in [0, 0.1) is 11.8 Å². The molecule has 1 rings (SSSR count). The monoisotopic (exact) mass is 356 g/mol. The maximum atomic E-state index is 10.5. The number of hydrogen-bond acceptors (Lipinski definition) is 4. The van der Waals surface area contributed by atoms with Crippen LogP contribution in [0.25, 0.3) is 0 Å². The third-order valence-electron chi connectivity index (χ3n) is 5.25. The van der Waals surface area contributed by atoms with Crippen molar-refractivity contribution in [1.82, 2.24) is 0 Å². The average molecular weight is 357 g/mol. The van der Waals surface area contributed by atoms with Crippen LogP contribution in [0.4, 0.5) is 0 Å². The minimum absolute atomic E-state index is 0.0218. The van der Waals surface area contributed by atoms with E-state index in [2.05, 4.69) is 6.92 Å². The average Bonchev–Trinajstić information content (AvgIpc) is 2.82. The number of carbonyl (C=O) groups is 1. The molecule has 0 saturated heterocycles. The summed E-state index contributed by atoms with van der Waals surface area (Å²) in [5, 5.41) is 39.0. The normalized spacial score (nSPS) is 27.8. The molecule has 0 aromatic rings. The van der Waals surface area contributed by atoms with Gasteiger partial charge in [0.1, 0.15) is 0 Å². The van der Waals surface area contributed by atoms with Crippen molar-refractivity contribution in [2.75, 3.05) is 0 Å². The van der Waals surface area contributed by atoms with Crippen LogP contribution in [0.3, 0.4) is 0 Å². The third-order valence-corrected chi connectivity index (χ3v) is 5.25. The molecule has 1 aliphatic carbocycles. The van der Waals surface area contributed by atoms with E-state index in [1.165, 1.54) is 0 Å². The molecule has 5 heteroatoms. The first kappa shape index (κ1) is 22.1. The van der Waals surface area contributed by atoms with Gasteiger partial charge in [-0.25, -0.2) is 0 Å². The van der Waals surface area contributed by atoms with Crippen molar-refractivity contribution in [2.45, 2.75) is 95.9 Å². The minimum atomic E-state index is -0.753. The maximum Gasteiger partial charge on any atom is 0.303 e. The summed E-state index contributed by atoms with van der Waals surface area (Å²) in [6.07, 6.45) is 11.0. The number of aliphatic hydroxyl groups excluding tert-OH is 3. The highest BCUT2D eigenvalue weighted by molar-refractivity contribution is 5.66. The molecule has 146 valence electrons. The van der Waals surface area contributed by atoms with Crippen molar-refractivity contribution in [3.8, 4) is 0 Å². The number of hydrogen-bond donors (Lipinski definition) is 4. The largest absolute Gasteiger partial charge is 0.481 e. The predicted octanol–water partition coefficient (Wildman–Crippen LogP) is 3.27. The molecule has 0 heterocycles. The van der Waals surface area contributed by atoms with Crippen molar-refractivity contribution < 1.29 is 25.2 Å². The number of rotatable bonds is 13. The molecule has 1 saturated carbocycles. The second-order valence-corrected chi connectivity index (χ2v) is 7.41. The Kier molecular flexibility index (Phi) is 11.0. The first-order valence-corrected chi connectivity index (χ1v) is 9.90. The molecule has 0 aliphatic heterocycles. The van der Waals surface area contributed by atoms with Gasteiger partial charge in [-0.1, -0.05) is 57.6 Å². The fourth-order valence-electron chi connectivity index (χ4n) is 3.74. The van der Waals surface area contributed by atoms with Crippen LogP contribution >= 0.6 is 0 Å². The van der Waals surface area contributed by atoms with Crippen LogP contribution in [0.15, 0.2) is 12.2 Å². The molecule has 0 unspecified atom stereocenters. The number of unbranched alkanes of at least 4 members (excludes halogenated alkanes) is 5. The number of aliphatic hydroxyl groups is 3. The Morgan fingerprint density at radius 2 is 1.80 bits per heavy atom. The zero-order valence-electron chi connectivity index (χ0n) is 15.5. The minimum Gasteiger partial charge on any atom is -0.481 e. The summed E-state index contributed by atoms with van der Waals surface area (Å²) in [5.74, 6) is -0.833. The van der Waals surface area contributed by atoms with E-state index in [1.807, 2.05) is 6.08 Å². The SMILES string of the molecule is CCCCC[C@@H](O)/C=C/[C@H]1[C@@H](CCCCCCC(=O)O)[C@@H](O)C[C@H]1O. The van der Waals surface area contributed by atoms with E-state index in [-0.39, 0.29) is 18.3 Å². The fraction of sp³-hybridized carbons (Fsp3) is 0.850. The lowest BCUT2D eigenvalue weighted by Crippen LogP contribution is -2.21. The molecule has 0 aromatic carbocycles. The van der Waals surface area contributed by atoms with E-state index in [9.17, 15) is 20.1 Å². The van der Waals surface area contributed by atoms with Gasteiger partial charge >= 0.3 is 5.97 Å². The van der Waals surface area contributed by atoms with Gasteiger partial charge in [-0.2, -0.15) is 0 Å². The smallest absolute Gasteiger partial charge is 0.303 e. The van der Waals surface area contributed by atoms with E-state index < -0.39 is 24.3 Å². The molecule has 0 bridgehead atoms. The highest BCUT2D eigenvalue weighted by atomic mass is 16.4. The first-order chi connectivity index (χ1) is 12.0. The molecule has 25 heavy (non-hydrogen) atoms. The number of carboxylic acids is 1. The van der Waals surface area contributed by atoms with Crippen LogP contribution in [0.5, 0.6) is 0 Å². The molecule has 5 atom stereocenters. The summed E-state index contributed by atoms with van der Waals surface area (Å²) in [6, 6.07) is 0. The topological polar surface area (TPSA) is 98.0 Å². The fourth-order valence-corrected chi connectivity index (χ4v) is 3.74. The zero-order chi connectivity index (χ0) is 18.7. The number of aliphatic carboxylic acids is 1. The Bertz CT molecular complexity index is 396.